The molecule has 1 aliphatic rings. The van der Waals surface area contributed by atoms with Crippen LogP contribution in [0.1, 0.15) is 36.9 Å². The van der Waals surface area contributed by atoms with Crippen molar-refractivity contribution in [1.29, 1.82) is 0 Å². The molecule has 0 radical (unpaired) electrons. The number of rotatable bonds is 5. The third-order valence-electron chi connectivity index (χ3n) is 3.64. The van der Waals surface area contributed by atoms with E-state index >= 15 is 0 Å². The van der Waals surface area contributed by atoms with Crippen molar-refractivity contribution in [3.8, 4) is 0 Å². The molecular formula is C14H19Cl2NO2S. The first kappa shape index (κ1) is 16.1. The highest BCUT2D eigenvalue weighted by Crippen LogP contribution is 2.38. The van der Waals surface area contributed by atoms with Crippen LogP contribution in [-0.4, -0.2) is 26.5 Å². The van der Waals surface area contributed by atoms with Gasteiger partial charge in [-0.3, -0.25) is 0 Å². The van der Waals surface area contributed by atoms with Gasteiger partial charge in [0.15, 0.2) is 0 Å². The smallest absolute Gasteiger partial charge is 0.147 e. The summed E-state index contributed by atoms with van der Waals surface area (Å²) in [6.45, 7) is 2.01. The van der Waals surface area contributed by atoms with Crippen molar-refractivity contribution in [2.75, 3.05) is 12.0 Å². The lowest BCUT2D eigenvalue weighted by molar-refractivity contribution is 0.444. The van der Waals surface area contributed by atoms with Gasteiger partial charge >= 0.3 is 0 Å². The number of halogens is 2. The lowest BCUT2D eigenvalue weighted by Gasteiger charge is -2.21. The highest BCUT2D eigenvalue weighted by atomic mass is 35.5. The summed E-state index contributed by atoms with van der Waals surface area (Å²) < 4.78 is 22.4. The van der Waals surface area contributed by atoms with E-state index in [1.807, 2.05) is 13.0 Å². The molecule has 1 aromatic carbocycles. The number of sulfone groups is 1. The Bertz CT molecular complexity index is 601. The Hall–Kier alpha value is -0.290. The Morgan fingerprint density at radius 2 is 2.10 bits per heavy atom. The maximum absolute atomic E-state index is 11.2. The van der Waals surface area contributed by atoms with E-state index in [1.54, 1.807) is 6.07 Å². The normalized spacial score (nSPS) is 19.9. The van der Waals surface area contributed by atoms with Crippen LogP contribution < -0.4 is 5.32 Å². The molecule has 0 spiro atoms. The molecule has 0 fully saturated rings. The largest absolute Gasteiger partial charge is 0.307 e. The average molecular weight is 336 g/mol. The Morgan fingerprint density at radius 1 is 1.40 bits per heavy atom. The highest BCUT2D eigenvalue weighted by Gasteiger charge is 2.26. The minimum atomic E-state index is -2.91. The van der Waals surface area contributed by atoms with E-state index in [-0.39, 0.29) is 17.8 Å². The average Bonchev–Trinajstić information content (AvgIpc) is 2.68. The number of fused-ring (bicyclic) bond motifs is 1. The minimum absolute atomic E-state index is 0.132. The van der Waals surface area contributed by atoms with Gasteiger partial charge in [-0.05, 0) is 49.4 Å². The lowest BCUT2D eigenvalue weighted by atomic mass is 10.1. The van der Waals surface area contributed by atoms with E-state index in [0.29, 0.717) is 16.5 Å². The molecular weight excluding hydrogens is 317 g/mol. The molecule has 1 aromatic rings. The van der Waals surface area contributed by atoms with Crippen molar-refractivity contribution in [2.24, 2.45) is 0 Å². The van der Waals surface area contributed by atoms with Crippen LogP contribution in [-0.2, 0) is 16.3 Å². The zero-order valence-corrected chi connectivity index (χ0v) is 13.9. The van der Waals surface area contributed by atoms with Crippen molar-refractivity contribution in [2.45, 2.75) is 38.3 Å². The molecule has 0 aromatic heterocycles. The molecule has 112 valence electrons. The fraction of sp³-hybridized carbons (Fsp3) is 0.571. The van der Waals surface area contributed by atoms with Crippen LogP contribution in [0.4, 0.5) is 0 Å². The molecule has 0 bridgehead atoms. The van der Waals surface area contributed by atoms with E-state index in [1.165, 1.54) is 11.8 Å². The summed E-state index contributed by atoms with van der Waals surface area (Å²) in [7, 11) is -2.91. The number of benzene rings is 1. The first-order valence-corrected chi connectivity index (χ1v) is 9.49. The van der Waals surface area contributed by atoms with Crippen LogP contribution >= 0.6 is 23.2 Å². The highest BCUT2D eigenvalue weighted by molar-refractivity contribution is 7.90. The molecule has 1 aliphatic carbocycles. The van der Waals surface area contributed by atoms with Crippen molar-refractivity contribution < 1.29 is 8.42 Å². The van der Waals surface area contributed by atoms with Crippen molar-refractivity contribution in [1.82, 2.24) is 5.32 Å². The first-order valence-electron chi connectivity index (χ1n) is 6.68. The summed E-state index contributed by atoms with van der Waals surface area (Å²) in [5.74, 6) is 0.203. The second kappa shape index (κ2) is 6.22. The summed E-state index contributed by atoms with van der Waals surface area (Å²) >= 11 is 12.3. The number of nitrogens with one attached hydrogen (secondary N) is 1. The topological polar surface area (TPSA) is 46.2 Å². The number of aryl methyl sites for hydroxylation is 1. The van der Waals surface area contributed by atoms with Crippen LogP contribution in [0.25, 0.3) is 0 Å². The summed E-state index contributed by atoms with van der Waals surface area (Å²) in [4.78, 5) is 0. The van der Waals surface area contributed by atoms with E-state index in [2.05, 4.69) is 5.32 Å². The van der Waals surface area contributed by atoms with Gasteiger partial charge < -0.3 is 5.32 Å². The predicted octanol–water partition coefficient (Wildman–Crippen LogP) is 3.39. The standard InChI is InChI=1S/C14H19Cl2NO2S/c1-9(5-6-20(2,18)19)17-13-4-3-10-7-11(15)8-12(16)14(10)13/h7-9,13,17H,3-6H2,1-2H3/t9-,13+/m0/s1. The monoisotopic (exact) mass is 335 g/mol. The first-order chi connectivity index (χ1) is 9.26. The molecule has 0 aliphatic heterocycles. The van der Waals surface area contributed by atoms with Crippen LogP contribution in [0.3, 0.4) is 0 Å². The zero-order chi connectivity index (χ0) is 14.9. The van der Waals surface area contributed by atoms with Crippen molar-refractivity contribution >= 4 is 33.0 Å². The van der Waals surface area contributed by atoms with Crippen LogP contribution in [0.2, 0.25) is 10.0 Å². The third-order valence-corrected chi connectivity index (χ3v) is 5.15. The van der Waals surface area contributed by atoms with Crippen LogP contribution in [0, 0.1) is 0 Å². The van der Waals surface area contributed by atoms with E-state index < -0.39 is 9.84 Å². The molecule has 0 heterocycles. The number of hydrogen-bond donors (Lipinski definition) is 1. The van der Waals surface area contributed by atoms with Crippen molar-refractivity contribution in [3.05, 3.63) is 33.3 Å². The maximum Gasteiger partial charge on any atom is 0.147 e. The molecule has 0 saturated carbocycles. The Kier molecular flexibility index (Phi) is 5.00. The summed E-state index contributed by atoms with van der Waals surface area (Å²) in [5.41, 5.74) is 2.30. The van der Waals surface area contributed by atoms with Gasteiger partial charge in [-0.2, -0.15) is 0 Å². The fourth-order valence-corrected chi connectivity index (χ4v) is 4.11. The maximum atomic E-state index is 11.2. The molecule has 20 heavy (non-hydrogen) atoms. The summed E-state index contributed by atoms with van der Waals surface area (Å²) in [5, 5.41) is 4.83. The molecule has 3 nitrogen and oxygen atoms in total. The van der Waals surface area contributed by atoms with Crippen LogP contribution in [0.5, 0.6) is 0 Å². The predicted molar refractivity (Wildman–Crippen MR) is 84.4 cm³/mol. The van der Waals surface area contributed by atoms with Gasteiger partial charge in [0, 0.05) is 28.4 Å². The Labute approximate surface area is 130 Å². The van der Waals surface area contributed by atoms with Gasteiger partial charge in [0.2, 0.25) is 0 Å². The minimum Gasteiger partial charge on any atom is -0.307 e. The van der Waals surface area contributed by atoms with Gasteiger partial charge in [0.1, 0.15) is 9.84 Å². The van der Waals surface area contributed by atoms with Gasteiger partial charge in [-0.1, -0.05) is 23.2 Å². The van der Waals surface area contributed by atoms with Crippen molar-refractivity contribution in [3.63, 3.8) is 0 Å². The number of hydrogen-bond acceptors (Lipinski definition) is 3. The van der Waals surface area contributed by atoms with Gasteiger partial charge in [-0.15, -0.1) is 0 Å². The molecule has 0 unspecified atom stereocenters. The van der Waals surface area contributed by atoms with Crippen LogP contribution in [0.15, 0.2) is 12.1 Å². The lowest BCUT2D eigenvalue weighted by Crippen LogP contribution is -2.31. The van der Waals surface area contributed by atoms with E-state index in [4.69, 9.17) is 23.2 Å². The fourth-order valence-electron chi connectivity index (χ4n) is 2.66. The molecule has 1 N–H and O–H groups in total. The Balaban J connectivity index is 2.04. The third kappa shape index (κ3) is 4.10. The SMILES string of the molecule is C[C@@H](CCS(C)(=O)=O)N[C@@H]1CCc2cc(Cl)cc(Cl)c21. The summed E-state index contributed by atoms with van der Waals surface area (Å²) in [6, 6.07) is 4.05. The van der Waals surface area contributed by atoms with Gasteiger partial charge in [0.05, 0.1) is 5.75 Å². The molecule has 2 rings (SSSR count). The van der Waals surface area contributed by atoms with Gasteiger partial charge in [-0.25, -0.2) is 8.42 Å². The second-order valence-electron chi connectivity index (χ2n) is 5.54. The molecule has 0 amide bonds. The summed E-state index contributed by atoms with van der Waals surface area (Å²) in [6.07, 6.45) is 3.80. The van der Waals surface area contributed by atoms with E-state index in [0.717, 1.165) is 18.4 Å². The zero-order valence-electron chi connectivity index (χ0n) is 11.6. The van der Waals surface area contributed by atoms with E-state index in [9.17, 15) is 8.42 Å². The van der Waals surface area contributed by atoms with Gasteiger partial charge in [0.25, 0.3) is 0 Å². The molecule has 2 atom stereocenters. The molecule has 6 heteroatoms. The molecule has 0 saturated heterocycles. The second-order valence-corrected chi connectivity index (χ2v) is 8.64. The quantitative estimate of drug-likeness (QED) is 0.896. The Morgan fingerprint density at radius 3 is 2.75 bits per heavy atom.